The highest BCUT2D eigenvalue weighted by atomic mass is 16.6. The first-order valence-electron chi connectivity index (χ1n) is 12.7. The van der Waals surface area contributed by atoms with E-state index in [9.17, 15) is 4.79 Å². The summed E-state index contributed by atoms with van der Waals surface area (Å²) in [4.78, 5) is 12.7. The zero-order valence-corrected chi connectivity index (χ0v) is 20.4. The number of rotatable bonds is 8. The maximum atomic E-state index is 12.7. The molecule has 1 aliphatic heterocycles. The van der Waals surface area contributed by atoms with Crippen molar-refractivity contribution in [2.24, 2.45) is 0 Å². The fourth-order valence-corrected chi connectivity index (χ4v) is 5.15. The van der Waals surface area contributed by atoms with E-state index in [-0.39, 0.29) is 5.56 Å². The molecule has 6 nitrogen and oxygen atoms in total. The van der Waals surface area contributed by atoms with Crippen LogP contribution in [0, 0.1) is 0 Å². The van der Waals surface area contributed by atoms with Gasteiger partial charge in [-0.05, 0) is 68.4 Å². The second-order valence-electron chi connectivity index (χ2n) is 9.36. The smallest absolute Gasteiger partial charge is 0.254 e. The molecule has 0 spiro atoms. The van der Waals surface area contributed by atoms with Crippen LogP contribution in [0.1, 0.15) is 44.1 Å². The maximum Gasteiger partial charge on any atom is 0.254 e. The predicted octanol–water partition coefficient (Wildman–Crippen LogP) is 5.22. The number of aryl methyl sites for hydroxylation is 1. The molecule has 2 aromatic carbocycles. The van der Waals surface area contributed by atoms with Gasteiger partial charge >= 0.3 is 0 Å². The van der Waals surface area contributed by atoms with Crippen LogP contribution >= 0.6 is 0 Å². The number of ether oxygens (including phenoxy) is 3. The third kappa shape index (κ3) is 5.54. The summed E-state index contributed by atoms with van der Waals surface area (Å²) < 4.78 is 18.6. The first-order valence-corrected chi connectivity index (χ1v) is 12.7. The molecule has 3 aromatic rings. The zero-order chi connectivity index (χ0) is 24.0. The van der Waals surface area contributed by atoms with Gasteiger partial charge in [0.1, 0.15) is 19.0 Å². The summed E-state index contributed by atoms with van der Waals surface area (Å²) in [5.41, 5.74) is 3.68. The van der Waals surface area contributed by atoms with E-state index in [2.05, 4.69) is 23.5 Å². The summed E-state index contributed by atoms with van der Waals surface area (Å²) in [5.74, 6) is 2.33. The molecule has 5 rings (SSSR count). The van der Waals surface area contributed by atoms with Crippen molar-refractivity contribution in [3.05, 3.63) is 76.1 Å². The molecule has 2 aliphatic rings. The third-order valence-corrected chi connectivity index (χ3v) is 7.04. The molecule has 0 bridgehead atoms. The van der Waals surface area contributed by atoms with Crippen LogP contribution in [-0.2, 0) is 13.1 Å². The predicted molar refractivity (Wildman–Crippen MR) is 139 cm³/mol. The molecule has 1 atom stereocenters. The minimum Gasteiger partial charge on any atom is -0.496 e. The molecule has 0 amide bonds. The average Bonchev–Trinajstić information content (AvgIpc) is 3.13. The Morgan fingerprint density at radius 2 is 1.91 bits per heavy atom. The normalized spacial score (nSPS) is 17.6. The van der Waals surface area contributed by atoms with Gasteiger partial charge in [0.05, 0.1) is 12.6 Å². The van der Waals surface area contributed by atoms with Crippen LogP contribution in [0.15, 0.2) is 65.0 Å². The zero-order valence-electron chi connectivity index (χ0n) is 20.4. The van der Waals surface area contributed by atoms with Crippen molar-refractivity contribution in [2.75, 3.05) is 20.3 Å². The van der Waals surface area contributed by atoms with Crippen molar-refractivity contribution in [1.82, 2.24) is 9.88 Å². The number of methoxy groups -OCH3 is 1. The minimum absolute atomic E-state index is 0.00111. The molecule has 2 heterocycles. The molecule has 0 saturated heterocycles. The van der Waals surface area contributed by atoms with Crippen LogP contribution in [0.5, 0.6) is 17.2 Å². The molecule has 0 saturated carbocycles. The van der Waals surface area contributed by atoms with Crippen molar-refractivity contribution < 1.29 is 14.2 Å². The molecule has 1 aromatic heterocycles. The lowest BCUT2D eigenvalue weighted by Gasteiger charge is -2.20. The number of para-hydroxylation sites is 1. The molecule has 35 heavy (non-hydrogen) atoms. The van der Waals surface area contributed by atoms with Crippen LogP contribution in [0.3, 0.4) is 0 Å². The standard InChI is InChI=1S/C29H34N2O4/c1-33-27-19-29(32)31(25-10-3-2-9-24(25)27)15-5-7-21-6-4-8-23(13-11-21)30-20-22-12-14-26-28(18-22)35-17-16-34-26/h2-3,6,9-10,12,14,18-19,23,30H,4-5,7-8,11,13,15-17,20H2,1H3. The van der Waals surface area contributed by atoms with Gasteiger partial charge in [0, 0.05) is 30.6 Å². The van der Waals surface area contributed by atoms with Crippen molar-refractivity contribution in [3.8, 4) is 17.2 Å². The Kier molecular flexibility index (Phi) is 7.38. The number of pyridine rings is 1. The van der Waals surface area contributed by atoms with Gasteiger partial charge in [0.25, 0.3) is 5.56 Å². The van der Waals surface area contributed by atoms with E-state index >= 15 is 0 Å². The summed E-state index contributed by atoms with van der Waals surface area (Å²) in [6.45, 7) is 2.79. The quantitative estimate of drug-likeness (QED) is 0.454. The Hall–Kier alpha value is -3.25. The van der Waals surface area contributed by atoms with Gasteiger partial charge in [-0.2, -0.15) is 0 Å². The van der Waals surface area contributed by atoms with Gasteiger partial charge in [0.2, 0.25) is 0 Å². The van der Waals surface area contributed by atoms with Gasteiger partial charge in [0.15, 0.2) is 11.5 Å². The molecule has 1 aliphatic carbocycles. The molecule has 1 N–H and O–H groups in total. The summed E-state index contributed by atoms with van der Waals surface area (Å²) in [7, 11) is 1.61. The lowest BCUT2D eigenvalue weighted by molar-refractivity contribution is 0.171. The maximum absolute atomic E-state index is 12.7. The minimum atomic E-state index is -0.00111. The van der Waals surface area contributed by atoms with Crippen molar-refractivity contribution in [3.63, 3.8) is 0 Å². The number of nitrogens with zero attached hydrogens (tertiary/aromatic N) is 1. The van der Waals surface area contributed by atoms with Crippen LogP contribution in [0.4, 0.5) is 0 Å². The molecule has 0 radical (unpaired) electrons. The number of fused-ring (bicyclic) bond motifs is 2. The molecule has 6 heteroatoms. The SMILES string of the molecule is COc1cc(=O)n(CCCC2=CCCC(NCc3ccc4c(c3)OCCO4)CC2)c2ccccc12. The van der Waals surface area contributed by atoms with Crippen molar-refractivity contribution >= 4 is 10.9 Å². The Labute approximate surface area is 206 Å². The number of benzene rings is 2. The van der Waals surface area contributed by atoms with Gasteiger partial charge in [-0.15, -0.1) is 0 Å². The number of aromatic nitrogens is 1. The van der Waals surface area contributed by atoms with E-state index in [1.165, 1.54) is 11.1 Å². The van der Waals surface area contributed by atoms with Crippen LogP contribution < -0.4 is 25.1 Å². The fourth-order valence-electron chi connectivity index (χ4n) is 5.15. The Balaban J connectivity index is 1.12. The monoisotopic (exact) mass is 474 g/mol. The summed E-state index contributed by atoms with van der Waals surface area (Å²) in [6, 6.07) is 16.3. The fraction of sp³-hybridized carbons (Fsp3) is 0.414. The van der Waals surface area contributed by atoms with E-state index in [1.54, 1.807) is 13.2 Å². The molecule has 184 valence electrons. The lowest BCUT2D eigenvalue weighted by atomic mass is 10.0. The van der Waals surface area contributed by atoms with Crippen molar-refractivity contribution in [1.29, 1.82) is 0 Å². The summed E-state index contributed by atoms with van der Waals surface area (Å²) in [6.07, 6.45) is 8.90. The van der Waals surface area contributed by atoms with E-state index in [1.807, 2.05) is 34.9 Å². The number of hydrogen-bond donors (Lipinski definition) is 1. The first-order chi connectivity index (χ1) is 17.2. The first kappa shape index (κ1) is 23.5. The largest absolute Gasteiger partial charge is 0.496 e. The van der Waals surface area contributed by atoms with E-state index in [0.717, 1.165) is 67.5 Å². The number of allylic oxidation sites excluding steroid dienone is 2. The second-order valence-corrected chi connectivity index (χ2v) is 9.36. The van der Waals surface area contributed by atoms with Gasteiger partial charge < -0.3 is 24.1 Å². The van der Waals surface area contributed by atoms with E-state index in [0.29, 0.717) is 31.5 Å². The van der Waals surface area contributed by atoms with Gasteiger partial charge in [-0.1, -0.05) is 29.8 Å². The van der Waals surface area contributed by atoms with E-state index < -0.39 is 0 Å². The summed E-state index contributed by atoms with van der Waals surface area (Å²) >= 11 is 0. The number of nitrogens with one attached hydrogen (secondary N) is 1. The van der Waals surface area contributed by atoms with Crippen molar-refractivity contribution in [2.45, 2.75) is 57.7 Å². The Morgan fingerprint density at radius 3 is 2.80 bits per heavy atom. The third-order valence-electron chi connectivity index (χ3n) is 7.04. The molecule has 0 fully saturated rings. The Morgan fingerprint density at radius 1 is 1.06 bits per heavy atom. The molecular formula is C29H34N2O4. The average molecular weight is 475 g/mol. The molecular weight excluding hydrogens is 440 g/mol. The lowest BCUT2D eigenvalue weighted by Crippen LogP contribution is -2.28. The number of hydrogen-bond acceptors (Lipinski definition) is 5. The van der Waals surface area contributed by atoms with Gasteiger partial charge in [-0.3, -0.25) is 4.79 Å². The Bertz CT molecular complexity index is 1260. The topological polar surface area (TPSA) is 61.7 Å². The highest BCUT2D eigenvalue weighted by Crippen LogP contribution is 2.31. The second kappa shape index (κ2) is 11.0. The van der Waals surface area contributed by atoms with Crippen LogP contribution in [0.2, 0.25) is 0 Å². The summed E-state index contributed by atoms with van der Waals surface area (Å²) in [5, 5.41) is 4.72. The van der Waals surface area contributed by atoms with Crippen LogP contribution in [0.25, 0.3) is 10.9 Å². The van der Waals surface area contributed by atoms with Crippen LogP contribution in [-0.4, -0.2) is 30.9 Å². The highest BCUT2D eigenvalue weighted by molar-refractivity contribution is 5.85. The highest BCUT2D eigenvalue weighted by Gasteiger charge is 2.15. The van der Waals surface area contributed by atoms with Gasteiger partial charge in [-0.25, -0.2) is 0 Å². The van der Waals surface area contributed by atoms with E-state index in [4.69, 9.17) is 14.2 Å². The molecule has 1 unspecified atom stereocenters.